The Morgan fingerprint density at radius 3 is 2.61 bits per heavy atom. The van der Waals surface area contributed by atoms with Crippen LogP contribution in [0, 0.1) is 6.92 Å². The van der Waals surface area contributed by atoms with Gasteiger partial charge in [-0.2, -0.15) is 0 Å². The van der Waals surface area contributed by atoms with Crippen LogP contribution in [0.2, 0.25) is 0 Å². The van der Waals surface area contributed by atoms with Crippen molar-refractivity contribution in [1.82, 2.24) is 10.1 Å². The predicted octanol–water partition coefficient (Wildman–Crippen LogP) is 4.76. The average Bonchev–Trinajstić information content (AvgIpc) is 3.43. The van der Waals surface area contributed by atoms with Gasteiger partial charge in [-0.05, 0) is 49.6 Å². The van der Waals surface area contributed by atoms with Gasteiger partial charge in [0.15, 0.2) is 11.7 Å². The highest BCUT2D eigenvalue weighted by molar-refractivity contribution is 6.22. The molecule has 1 fully saturated rings. The maximum atomic E-state index is 9.51. The Morgan fingerprint density at radius 1 is 1.09 bits per heavy atom. The molecule has 1 aliphatic heterocycles. The van der Waals surface area contributed by atoms with Crippen molar-refractivity contribution >= 4 is 11.3 Å². The molecule has 7 heteroatoms. The van der Waals surface area contributed by atoms with Crippen LogP contribution in [0.25, 0.3) is 5.57 Å². The second-order valence-corrected chi connectivity index (χ2v) is 8.83. The Morgan fingerprint density at radius 2 is 1.88 bits per heavy atom. The number of aliphatic imine (C=N–C) groups is 1. The molecule has 0 bridgehead atoms. The summed E-state index contributed by atoms with van der Waals surface area (Å²) in [7, 11) is 0. The minimum absolute atomic E-state index is 0.0911. The van der Waals surface area contributed by atoms with E-state index < -0.39 is 0 Å². The molecule has 7 nitrogen and oxygen atoms in total. The number of benzene rings is 1. The van der Waals surface area contributed by atoms with Gasteiger partial charge in [-0.1, -0.05) is 17.3 Å². The zero-order valence-corrected chi connectivity index (χ0v) is 18.4. The highest BCUT2D eigenvalue weighted by atomic mass is 16.5. The fraction of sp³-hybridized carbons (Fsp3) is 0.346. The van der Waals surface area contributed by atoms with E-state index in [1.54, 1.807) is 12.5 Å². The first kappa shape index (κ1) is 20.2. The van der Waals surface area contributed by atoms with Crippen molar-refractivity contribution in [3.05, 3.63) is 82.9 Å². The predicted molar refractivity (Wildman–Crippen MR) is 122 cm³/mol. The van der Waals surface area contributed by atoms with E-state index in [0.717, 1.165) is 58.0 Å². The zero-order valence-electron chi connectivity index (χ0n) is 18.4. The van der Waals surface area contributed by atoms with Gasteiger partial charge in [0.05, 0.1) is 35.7 Å². The molecule has 2 aromatic heterocycles. The lowest BCUT2D eigenvalue weighted by Gasteiger charge is -2.31. The lowest BCUT2D eigenvalue weighted by atomic mass is 9.86. The maximum Gasteiger partial charge on any atom is 0.196 e. The fourth-order valence-electron chi connectivity index (χ4n) is 4.77. The first-order chi connectivity index (χ1) is 16.2. The first-order valence-electron chi connectivity index (χ1n) is 11.4. The van der Waals surface area contributed by atoms with Crippen LogP contribution in [-0.4, -0.2) is 33.2 Å². The van der Waals surface area contributed by atoms with Crippen molar-refractivity contribution in [1.29, 1.82) is 0 Å². The van der Waals surface area contributed by atoms with Gasteiger partial charge in [-0.15, -0.1) is 0 Å². The van der Waals surface area contributed by atoms with Crippen molar-refractivity contribution in [3.8, 4) is 5.75 Å². The number of nitrogens with zero attached hydrogens (tertiary/aromatic N) is 3. The van der Waals surface area contributed by atoms with Crippen LogP contribution in [0.15, 0.2) is 68.4 Å². The largest absolute Gasteiger partial charge is 0.490 e. The Labute approximate surface area is 191 Å². The number of allylic oxidation sites excluding steroid dienone is 4. The third kappa shape index (κ3) is 3.72. The summed E-state index contributed by atoms with van der Waals surface area (Å²) in [6.45, 7) is 1.98. The standard InChI is InChI=1S/C26H25N3O4/c1-15-24-20-4-2-3-5-21(20)25(16-6-8-18(9-7-16)32-19-12-17(30)13-19)28-22(26(24)33-29-15)14-23-27-10-11-31-23/h4-11,17,19,22,30H,2-3,12-14H2,1H3/t17?,19?,22-/m0/s1. The number of aliphatic hydroxyl groups excluding tert-OH is 1. The average molecular weight is 444 g/mol. The fourth-order valence-corrected chi connectivity index (χ4v) is 4.77. The van der Waals surface area contributed by atoms with E-state index >= 15 is 0 Å². The van der Waals surface area contributed by atoms with Crippen LogP contribution in [0.5, 0.6) is 5.75 Å². The highest BCUT2D eigenvalue weighted by Crippen LogP contribution is 2.42. The van der Waals surface area contributed by atoms with Gasteiger partial charge in [0, 0.05) is 24.0 Å². The van der Waals surface area contributed by atoms with E-state index in [0.29, 0.717) is 25.2 Å². The molecule has 0 unspecified atom stereocenters. The molecule has 6 rings (SSSR count). The number of aryl methyl sites for hydroxylation is 1. The lowest BCUT2D eigenvalue weighted by Crippen LogP contribution is -2.37. The van der Waals surface area contributed by atoms with Gasteiger partial charge in [-0.3, -0.25) is 4.99 Å². The van der Waals surface area contributed by atoms with Gasteiger partial charge in [0.1, 0.15) is 24.2 Å². The van der Waals surface area contributed by atoms with E-state index in [1.807, 2.05) is 19.1 Å². The summed E-state index contributed by atoms with van der Waals surface area (Å²) >= 11 is 0. The molecule has 33 heavy (non-hydrogen) atoms. The van der Waals surface area contributed by atoms with E-state index in [9.17, 15) is 5.11 Å². The van der Waals surface area contributed by atoms with Crippen LogP contribution in [-0.2, 0) is 6.42 Å². The second-order valence-electron chi connectivity index (χ2n) is 8.83. The maximum absolute atomic E-state index is 9.51. The van der Waals surface area contributed by atoms with Gasteiger partial charge < -0.3 is 18.8 Å². The van der Waals surface area contributed by atoms with Crippen molar-refractivity contribution < 1.29 is 18.8 Å². The quantitative estimate of drug-likeness (QED) is 0.611. The van der Waals surface area contributed by atoms with Crippen molar-refractivity contribution in [3.63, 3.8) is 0 Å². The molecule has 0 radical (unpaired) electrons. The molecule has 0 spiro atoms. The van der Waals surface area contributed by atoms with Crippen LogP contribution >= 0.6 is 0 Å². The Balaban J connectivity index is 1.40. The Kier molecular flexibility index (Phi) is 4.99. The topological polar surface area (TPSA) is 93.9 Å². The molecular weight excluding hydrogens is 418 g/mol. The van der Waals surface area contributed by atoms with Crippen LogP contribution in [0.3, 0.4) is 0 Å². The lowest BCUT2D eigenvalue weighted by molar-refractivity contribution is -0.0107. The van der Waals surface area contributed by atoms with Gasteiger partial charge in [-0.25, -0.2) is 4.98 Å². The molecule has 3 heterocycles. The highest BCUT2D eigenvalue weighted by Gasteiger charge is 2.34. The van der Waals surface area contributed by atoms with Crippen molar-refractivity contribution in [2.24, 2.45) is 4.99 Å². The summed E-state index contributed by atoms with van der Waals surface area (Å²) in [4.78, 5) is 9.49. The smallest absolute Gasteiger partial charge is 0.196 e. The summed E-state index contributed by atoms with van der Waals surface area (Å²) in [5.74, 6) is 2.17. The number of aromatic nitrogens is 2. The Bertz CT molecular complexity index is 1250. The molecule has 1 atom stereocenters. The number of rotatable bonds is 5. The minimum atomic E-state index is -0.297. The number of hydrogen-bond acceptors (Lipinski definition) is 7. The summed E-state index contributed by atoms with van der Waals surface area (Å²) in [6.07, 6.45) is 11.4. The van der Waals surface area contributed by atoms with Crippen LogP contribution in [0.1, 0.15) is 60.2 Å². The molecule has 3 aliphatic rings. The van der Waals surface area contributed by atoms with E-state index in [-0.39, 0.29) is 18.2 Å². The van der Waals surface area contributed by atoms with Crippen molar-refractivity contribution in [2.45, 2.75) is 57.3 Å². The molecule has 2 aliphatic carbocycles. The van der Waals surface area contributed by atoms with E-state index in [4.69, 9.17) is 18.7 Å². The Hall–Kier alpha value is -3.45. The number of ether oxygens (including phenoxy) is 1. The first-order valence-corrected chi connectivity index (χ1v) is 11.4. The van der Waals surface area contributed by atoms with Crippen LogP contribution < -0.4 is 4.74 Å². The molecule has 168 valence electrons. The molecule has 1 saturated carbocycles. The molecule has 1 N–H and O–H groups in total. The number of fused-ring (bicyclic) bond motifs is 3. The molecule has 0 amide bonds. The SMILES string of the molecule is Cc1noc2c1C1=CCCC=C1C(c1ccc(OC3CC(O)C3)cc1)=N[C@H]2Cc1ncco1. The van der Waals surface area contributed by atoms with Gasteiger partial charge >= 0.3 is 0 Å². The summed E-state index contributed by atoms with van der Waals surface area (Å²) in [6, 6.07) is 7.77. The van der Waals surface area contributed by atoms with Crippen LogP contribution in [0.4, 0.5) is 0 Å². The third-order valence-electron chi connectivity index (χ3n) is 6.51. The normalized spacial score (nSPS) is 23.9. The monoisotopic (exact) mass is 443 g/mol. The molecule has 0 saturated heterocycles. The summed E-state index contributed by atoms with van der Waals surface area (Å²) in [5.41, 5.74) is 6.08. The molecule has 3 aromatic rings. The van der Waals surface area contributed by atoms with Gasteiger partial charge in [0.25, 0.3) is 0 Å². The van der Waals surface area contributed by atoms with E-state index in [1.165, 1.54) is 0 Å². The van der Waals surface area contributed by atoms with E-state index in [2.05, 4.69) is 34.4 Å². The molecular formula is C26H25N3O4. The second kappa shape index (κ2) is 8.15. The number of hydrogen-bond donors (Lipinski definition) is 1. The van der Waals surface area contributed by atoms with Crippen molar-refractivity contribution in [2.75, 3.05) is 0 Å². The number of oxazole rings is 1. The minimum Gasteiger partial charge on any atom is -0.490 e. The summed E-state index contributed by atoms with van der Waals surface area (Å²) in [5, 5.41) is 13.8. The van der Waals surface area contributed by atoms with Gasteiger partial charge in [0.2, 0.25) is 0 Å². The molecule has 1 aromatic carbocycles. The number of aliphatic hydroxyl groups is 1. The summed E-state index contributed by atoms with van der Waals surface area (Å²) < 4.78 is 17.3. The zero-order chi connectivity index (χ0) is 22.4. The third-order valence-corrected chi connectivity index (χ3v) is 6.51.